The molecule has 0 bridgehead atoms. The van der Waals surface area contributed by atoms with Gasteiger partial charge in [-0.1, -0.05) is 11.6 Å². The molecule has 2 aromatic carbocycles. The van der Waals surface area contributed by atoms with Gasteiger partial charge in [0.1, 0.15) is 17.4 Å². The summed E-state index contributed by atoms with van der Waals surface area (Å²) in [4.78, 5) is 31.7. The maximum Gasteiger partial charge on any atom is 0.258 e. The minimum absolute atomic E-state index is 0.0269. The smallest absolute Gasteiger partial charge is 0.258 e. The molecular weight excluding hydrogens is 473 g/mol. The van der Waals surface area contributed by atoms with Crippen LogP contribution in [0.1, 0.15) is 31.5 Å². The van der Waals surface area contributed by atoms with Gasteiger partial charge in [-0.3, -0.25) is 9.59 Å². The molecule has 2 amide bonds. The van der Waals surface area contributed by atoms with E-state index in [9.17, 15) is 22.8 Å². The van der Waals surface area contributed by atoms with Gasteiger partial charge in [0.15, 0.2) is 18.2 Å². The van der Waals surface area contributed by atoms with Crippen LogP contribution in [0.15, 0.2) is 30.3 Å². The number of hydrogen-bond acceptors (Lipinski definition) is 4. The molecule has 0 radical (unpaired) electrons. The average molecular weight is 495 g/mol. The van der Waals surface area contributed by atoms with E-state index >= 15 is 0 Å². The zero-order chi connectivity index (χ0) is 24.2. The summed E-state index contributed by atoms with van der Waals surface area (Å²) in [6.07, 6.45) is 2.44. The van der Waals surface area contributed by atoms with Crippen LogP contribution in [0.2, 0.25) is 5.02 Å². The molecule has 1 fully saturated rings. The summed E-state index contributed by atoms with van der Waals surface area (Å²) in [5.41, 5.74) is 0.633. The first kappa shape index (κ1) is 23.9. The molecule has 1 aromatic heterocycles. The van der Waals surface area contributed by atoms with E-state index in [4.69, 9.17) is 16.3 Å². The number of amides is 2. The second-order valence-corrected chi connectivity index (χ2v) is 8.57. The first-order chi connectivity index (χ1) is 16.3. The van der Waals surface area contributed by atoms with Gasteiger partial charge < -0.3 is 20.4 Å². The van der Waals surface area contributed by atoms with Gasteiger partial charge in [-0.05, 0) is 37.8 Å². The Kier molecular flexibility index (Phi) is 7.26. The molecular formula is C23H22ClF3N4O3. The number of halogens is 4. The largest absolute Gasteiger partial charge is 0.484 e. The molecule has 11 heteroatoms. The van der Waals surface area contributed by atoms with E-state index in [1.54, 1.807) is 0 Å². The van der Waals surface area contributed by atoms with E-state index in [2.05, 4.69) is 20.6 Å². The van der Waals surface area contributed by atoms with Gasteiger partial charge in [0.25, 0.3) is 5.91 Å². The lowest BCUT2D eigenvalue weighted by Gasteiger charge is -2.28. The van der Waals surface area contributed by atoms with Gasteiger partial charge in [-0.25, -0.2) is 18.2 Å². The third kappa shape index (κ3) is 5.80. The van der Waals surface area contributed by atoms with E-state index in [-0.39, 0.29) is 53.2 Å². The second kappa shape index (κ2) is 10.3. The number of aromatic amines is 1. The number of imidazole rings is 1. The lowest BCUT2D eigenvalue weighted by molar-refractivity contribution is -0.126. The Morgan fingerprint density at radius 2 is 1.79 bits per heavy atom. The Morgan fingerprint density at radius 1 is 1.06 bits per heavy atom. The molecule has 3 N–H and O–H groups in total. The normalized spacial score (nSPS) is 18.0. The van der Waals surface area contributed by atoms with Crippen LogP contribution in [0.5, 0.6) is 5.75 Å². The molecule has 4 rings (SSSR count). The number of fused-ring (bicyclic) bond motifs is 1. The van der Waals surface area contributed by atoms with Crippen LogP contribution < -0.4 is 15.4 Å². The third-order valence-electron chi connectivity index (χ3n) is 5.73. The number of nitrogens with one attached hydrogen (secondary N) is 3. The Morgan fingerprint density at radius 3 is 2.53 bits per heavy atom. The van der Waals surface area contributed by atoms with E-state index in [0.717, 1.165) is 18.2 Å². The van der Waals surface area contributed by atoms with Crippen LogP contribution in [-0.2, 0) is 16.1 Å². The highest BCUT2D eigenvalue weighted by Gasteiger charge is 2.27. The van der Waals surface area contributed by atoms with Gasteiger partial charge in [0.2, 0.25) is 5.91 Å². The van der Waals surface area contributed by atoms with Crippen LogP contribution in [0.25, 0.3) is 11.0 Å². The van der Waals surface area contributed by atoms with Crippen LogP contribution in [0.4, 0.5) is 13.2 Å². The number of H-pyrrole nitrogens is 1. The van der Waals surface area contributed by atoms with E-state index in [1.165, 1.54) is 12.1 Å². The monoisotopic (exact) mass is 494 g/mol. The quantitative estimate of drug-likeness (QED) is 0.462. The minimum atomic E-state index is -0.983. The molecule has 0 spiro atoms. The topological polar surface area (TPSA) is 96.1 Å². The molecule has 1 aliphatic carbocycles. The summed E-state index contributed by atoms with van der Waals surface area (Å²) < 4.78 is 45.4. The molecule has 180 valence electrons. The highest BCUT2D eigenvalue weighted by Crippen LogP contribution is 2.25. The molecule has 1 heterocycles. The summed E-state index contributed by atoms with van der Waals surface area (Å²) >= 11 is 5.62. The van der Waals surface area contributed by atoms with Crippen molar-refractivity contribution in [1.82, 2.24) is 20.6 Å². The molecule has 7 nitrogen and oxygen atoms in total. The van der Waals surface area contributed by atoms with Crippen molar-refractivity contribution < 1.29 is 27.5 Å². The standard InChI is InChI=1S/C23H22ClF3N4O3/c24-15-6-5-14(7-16(15)25)34-11-22(32)29-13-3-1-12(2-4-13)23(33)28-10-21-30-19-8-17(26)18(27)9-20(19)31-21/h5-9,12-13H,1-4,10-11H2,(H,28,33)(H,29,32)(H,30,31)/t12-,13-. The number of ether oxygens (including phenoxy) is 1. The average Bonchev–Trinajstić information content (AvgIpc) is 3.20. The van der Waals surface area contributed by atoms with Crippen molar-refractivity contribution in [3.8, 4) is 5.75 Å². The summed E-state index contributed by atoms with van der Waals surface area (Å²) in [6, 6.07) is 5.89. The van der Waals surface area contributed by atoms with Crippen LogP contribution in [0, 0.1) is 23.4 Å². The molecule has 1 saturated carbocycles. The lowest BCUT2D eigenvalue weighted by atomic mass is 9.85. The fourth-order valence-electron chi connectivity index (χ4n) is 3.94. The van der Waals surface area contributed by atoms with E-state index in [1.807, 2.05) is 0 Å². The number of carbonyl (C=O) groups excluding carboxylic acids is 2. The zero-order valence-electron chi connectivity index (χ0n) is 18.0. The first-order valence-electron chi connectivity index (χ1n) is 10.8. The van der Waals surface area contributed by atoms with E-state index in [0.29, 0.717) is 37.0 Å². The first-order valence-corrected chi connectivity index (χ1v) is 11.1. The van der Waals surface area contributed by atoms with Crippen molar-refractivity contribution in [3.63, 3.8) is 0 Å². The van der Waals surface area contributed by atoms with Crippen molar-refractivity contribution >= 4 is 34.4 Å². The predicted octanol–water partition coefficient (Wildman–Crippen LogP) is 4.00. The van der Waals surface area contributed by atoms with Crippen molar-refractivity contribution in [2.45, 2.75) is 38.3 Å². The van der Waals surface area contributed by atoms with Gasteiger partial charge in [0, 0.05) is 30.2 Å². The Labute approximate surface area is 198 Å². The van der Waals surface area contributed by atoms with Crippen LogP contribution >= 0.6 is 11.6 Å². The van der Waals surface area contributed by atoms with Gasteiger partial charge in [-0.2, -0.15) is 0 Å². The molecule has 0 atom stereocenters. The van der Waals surface area contributed by atoms with Gasteiger partial charge >= 0.3 is 0 Å². The Bertz CT molecular complexity index is 1170. The molecule has 34 heavy (non-hydrogen) atoms. The Hall–Kier alpha value is -3.27. The molecule has 1 aliphatic rings. The van der Waals surface area contributed by atoms with E-state index < -0.39 is 17.5 Å². The third-order valence-corrected chi connectivity index (χ3v) is 6.03. The van der Waals surface area contributed by atoms with Crippen LogP contribution in [-0.4, -0.2) is 34.4 Å². The highest BCUT2D eigenvalue weighted by molar-refractivity contribution is 6.30. The highest BCUT2D eigenvalue weighted by atomic mass is 35.5. The predicted molar refractivity (Wildman–Crippen MR) is 119 cm³/mol. The summed E-state index contributed by atoms with van der Waals surface area (Å²) in [7, 11) is 0. The van der Waals surface area contributed by atoms with Crippen molar-refractivity contribution in [1.29, 1.82) is 0 Å². The number of benzene rings is 2. The number of carbonyl (C=O) groups is 2. The summed E-state index contributed by atoms with van der Waals surface area (Å²) in [5, 5.41) is 5.63. The summed E-state index contributed by atoms with van der Waals surface area (Å²) in [5.74, 6) is -2.66. The fourth-order valence-corrected chi connectivity index (χ4v) is 4.06. The number of hydrogen-bond donors (Lipinski definition) is 3. The van der Waals surface area contributed by atoms with Crippen molar-refractivity contribution in [2.75, 3.05) is 6.61 Å². The maximum absolute atomic E-state index is 13.4. The van der Waals surface area contributed by atoms with Gasteiger partial charge in [0.05, 0.1) is 22.6 Å². The number of aromatic nitrogens is 2. The fraction of sp³-hybridized carbons (Fsp3) is 0.348. The molecule has 0 saturated heterocycles. The maximum atomic E-state index is 13.4. The molecule has 0 aliphatic heterocycles. The minimum Gasteiger partial charge on any atom is -0.484 e. The number of nitrogens with zero attached hydrogens (tertiary/aromatic N) is 1. The SMILES string of the molecule is O=C(COc1ccc(Cl)c(F)c1)N[C@H]1CC[C@H](C(=O)NCc2nc3cc(F)c(F)cc3[nH]2)CC1. The zero-order valence-corrected chi connectivity index (χ0v) is 18.7. The van der Waals surface area contributed by atoms with Gasteiger partial charge in [-0.15, -0.1) is 0 Å². The lowest BCUT2D eigenvalue weighted by Crippen LogP contribution is -2.42. The number of rotatable bonds is 7. The summed E-state index contributed by atoms with van der Waals surface area (Å²) in [6.45, 7) is -0.150. The molecule has 3 aromatic rings. The molecule has 0 unspecified atom stereocenters. The Balaban J connectivity index is 1.19. The van der Waals surface area contributed by atoms with Crippen molar-refractivity contribution in [2.24, 2.45) is 5.92 Å². The van der Waals surface area contributed by atoms with Crippen LogP contribution in [0.3, 0.4) is 0 Å². The second-order valence-electron chi connectivity index (χ2n) is 8.17. The van der Waals surface area contributed by atoms with Crippen molar-refractivity contribution in [3.05, 3.63) is 58.6 Å².